The second kappa shape index (κ2) is 6.45. The summed E-state index contributed by atoms with van der Waals surface area (Å²) in [5, 5.41) is 15.5. The fraction of sp³-hybridized carbons (Fsp3) is 0.312. The first-order chi connectivity index (χ1) is 10.4. The lowest BCUT2D eigenvalue weighted by Gasteiger charge is -2.15. The van der Waals surface area contributed by atoms with Crippen molar-refractivity contribution in [2.45, 2.75) is 25.8 Å². The van der Waals surface area contributed by atoms with Gasteiger partial charge in [-0.25, -0.2) is 0 Å². The van der Waals surface area contributed by atoms with Crippen molar-refractivity contribution >= 4 is 10.9 Å². The Morgan fingerprint density at radius 2 is 2.10 bits per heavy atom. The molecule has 3 rings (SSSR count). The molecule has 5 nitrogen and oxygen atoms in total. The number of H-pyrrole nitrogens is 1. The fourth-order valence-corrected chi connectivity index (χ4v) is 2.41. The lowest BCUT2D eigenvalue weighted by Crippen LogP contribution is -2.24. The molecule has 0 aliphatic carbocycles. The number of pyridine rings is 1. The van der Waals surface area contributed by atoms with Gasteiger partial charge in [0.05, 0.1) is 23.4 Å². The maximum atomic E-state index is 4.73. The second-order valence-corrected chi connectivity index (χ2v) is 5.10. The molecule has 1 aromatic carbocycles. The van der Waals surface area contributed by atoms with Crippen LogP contribution in [0.3, 0.4) is 0 Å². The summed E-state index contributed by atoms with van der Waals surface area (Å²) < 4.78 is 0. The van der Waals surface area contributed by atoms with Crippen molar-refractivity contribution in [1.82, 2.24) is 25.7 Å². The molecule has 3 aromatic rings. The van der Waals surface area contributed by atoms with E-state index >= 15 is 0 Å². The molecule has 0 spiro atoms. The van der Waals surface area contributed by atoms with Crippen molar-refractivity contribution in [3.05, 3.63) is 54.0 Å². The van der Waals surface area contributed by atoms with Crippen LogP contribution in [0.4, 0.5) is 0 Å². The van der Waals surface area contributed by atoms with Crippen LogP contribution < -0.4 is 5.32 Å². The highest BCUT2D eigenvalue weighted by Gasteiger charge is 2.15. The van der Waals surface area contributed by atoms with Gasteiger partial charge in [0.2, 0.25) is 0 Å². The Kier molecular flexibility index (Phi) is 4.21. The van der Waals surface area contributed by atoms with E-state index < -0.39 is 0 Å². The van der Waals surface area contributed by atoms with Gasteiger partial charge in [0.15, 0.2) is 0 Å². The number of para-hydroxylation sites is 1. The van der Waals surface area contributed by atoms with Gasteiger partial charge in [-0.1, -0.05) is 31.2 Å². The van der Waals surface area contributed by atoms with Crippen molar-refractivity contribution in [2.75, 3.05) is 6.54 Å². The molecule has 1 unspecified atom stereocenters. The minimum atomic E-state index is 0.136. The van der Waals surface area contributed by atoms with Crippen molar-refractivity contribution in [3.8, 4) is 0 Å². The largest absolute Gasteiger partial charge is 0.308 e. The van der Waals surface area contributed by atoms with Crippen LogP contribution in [-0.4, -0.2) is 26.9 Å². The summed E-state index contributed by atoms with van der Waals surface area (Å²) in [4.78, 5) is 4.73. The van der Waals surface area contributed by atoms with E-state index in [-0.39, 0.29) is 6.04 Å². The number of aromatic nitrogens is 4. The Hall–Kier alpha value is -2.27. The summed E-state index contributed by atoms with van der Waals surface area (Å²) in [5.74, 6) is 0. The number of hydrogen-bond acceptors (Lipinski definition) is 4. The summed E-state index contributed by atoms with van der Waals surface area (Å²) in [6.45, 7) is 3.10. The molecule has 2 N–H and O–H groups in total. The molecule has 2 aromatic heterocycles. The standard InChI is InChI=1S/C16H19N5/c1-2-9-17-15(16-11-18-21-20-16)10-13-8-7-12-5-3-4-6-14(12)19-13/h3-8,11,15,17H,2,9-10H2,1H3,(H,18,20,21). The number of nitrogens with one attached hydrogen (secondary N) is 2. The molecule has 0 aliphatic heterocycles. The van der Waals surface area contributed by atoms with E-state index in [0.29, 0.717) is 0 Å². The zero-order valence-electron chi connectivity index (χ0n) is 12.1. The van der Waals surface area contributed by atoms with E-state index in [0.717, 1.165) is 36.3 Å². The van der Waals surface area contributed by atoms with Gasteiger partial charge in [0.1, 0.15) is 0 Å². The van der Waals surface area contributed by atoms with E-state index in [2.05, 4.69) is 45.9 Å². The third kappa shape index (κ3) is 3.25. The van der Waals surface area contributed by atoms with Crippen LogP contribution >= 0.6 is 0 Å². The summed E-state index contributed by atoms with van der Waals surface area (Å²) >= 11 is 0. The quantitative estimate of drug-likeness (QED) is 0.729. The third-order valence-corrected chi connectivity index (χ3v) is 3.50. The highest BCUT2D eigenvalue weighted by molar-refractivity contribution is 5.78. The topological polar surface area (TPSA) is 66.5 Å². The van der Waals surface area contributed by atoms with Crippen LogP contribution in [0, 0.1) is 0 Å². The Morgan fingerprint density at radius 1 is 1.19 bits per heavy atom. The first-order valence-corrected chi connectivity index (χ1v) is 7.30. The van der Waals surface area contributed by atoms with Crippen molar-refractivity contribution in [1.29, 1.82) is 0 Å². The molecule has 0 amide bonds. The van der Waals surface area contributed by atoms with Gasteiger partial charge in [-0.05, 0) is 25.1 Å². The molecule has 108 valence electrons. The molecule has 0 fully saturated rings. The highest BCUT2D eigenvalue weighted by Crippen LogP contribution is 2.17. The molecular formula is C16H19N5. The van der Waals surface area contributed by atoms with Gasteiger partial charge in [-0.3, -0.25) is 4.98 Å². The van der Waals surface area contributed by atoms with Gasteiger partial charge in [0, 0.05) is 17.5 Å². The Morgan fingerprint density at radius 3 is 2.90 bits per heavy atom. The number of rotatable bonds is 6. The van der Waals surface area contributed by atoms with Crippen molar-refractivity contribution in [2.24, 2.45) is 0 Å². The lowest BCUT2D eigenvalue weighted by atomic mass is 10.1. The highest BCUT2D eigenvalue weighted by atomic mass is 15.3. The molecule has 5 heteroatoms. The summed E-state index contributed by atoms with van der Waals surface area (Å²) in [7, 11) is 0. The number of nitrogens with zero attached hydrogens (tertiary/aromatic N) is 3. The van der Waals surface area contributed by atoms with Crippen molar-refractivity contribution in [3.63, 3.8) is 0 Å². The average Bonchev–Trinajstić information content (AvgIpc) is 3.05. The second-order valence-electron chi connectivity index (χ2n) is 5.10. The fourth-order valence-electron chi connectivity index (χ4n) is 2.41. The lowest BCUT2D eigenvalue weighted by molar-refractivity contribution is 0.513. The minimum Gasteiger partial charge on any atom is -0.308 e. The molecule has 0 bridgehead atoms. The Balaban J connectivity index is 1.83. The molecule has 21 heavy (non-hydrogen) atoms. The van der Waals surface area contributed by atoms with Crippen LogP contribution in [-0.2, 0) is 6.42 Å². The SMILES string of the molecule is CCCNC(Cc1ccc2ccccc2n1)c1cn[nH]n1. The van der Waals surface area contributed by atoms with Crippen LogP contribution in [0.5, 0.6) is 0 Å². The van der Waals surface area contributed by atoms with E-state index in [9.17, 15) is 0 Å². The van der Waals surface area contributed by atoms with Gasteiger partial charge < -0.3 is 5.32 Å². The molecule has 0 radical (unpaired) electrons. The number of hydrogen-bond donors (Lipinski definition) is 2. The normalized spacial score (nSPS) is 12.6. The van der Waals surface area contributed by atoms with Gasteiger partial charge in [-0.2, -0.15) is 15.4 Å². The predicted octanol–water partition coefficient (Wildman–Crippen LogP) is 2.64. The van der Waals surface area contributed by atoms with Crippen molar-refractivity contribution < 1.29 is 0 Å². The Bertz CT molecular complexity index is 693. The first-order valence-electron chi connectivity index (χ1n) is 7.30. The zero-order valence-corrected chi connectivity index (χ0v) is 12.1. The Labute approximate surface area is 123 Å². The van der Waals surface area contributed by atoms with Crippen LogP contribution in [0.25, 0.3) is 10.9 Å². The van der Waals surface area contributed by atoms with E-state index in [1.165, 1.54) is 5.39 Å². The molecular weight excluding hydrogens is 262 g/mol. The van der Waals surface area contributed by atoms with Gasteiger partial charge >= 0.3 is 0 Å². The summed E-state index contributed by atoms with van der Waals surface area (Å²) in [6, 6.07) is 12.5. The van der Waals surface area contributed by atoms with Gasteiger partial charge in [0.25, 0.3) is 0 Å². The molecule has 0 aliphatic rings. The maximum Gasteiger partial charge on any atom is 0.0997 e. The van der Waals surface area contributed by atoms with E-state index in [1.807, 2.05) is 18.2 Å². The van der Waals surface area contributed by atoms with E-state index in [4.69, 9.17) is 4.98 Å². The number of aromatic amines is 1. The van der Waals surface area contributed by atoms with Crippen LogP contribution in [0.1, 0.15) is 30.8 Å². The molecule has 1 atom stereocenters. The first kappa shape index (κ1) is 13.7. The van der Waals surface area contributed by atoms with Gasteiger partial charge in [-0.15, -0.1) is 0 Å². The number of fused-ring (bicyclic) bond motifs is 1. The minimum absolute atomic E-state index is 0.136. The smallest absolute Gasteiger partial charge is 0.0997 e. The monoisotopic (exact) mass is 281 g/mol. The third-order valence-electron chi connectivity index (χ3n) is 3.50. The summed E-state index contributed by atoms with van der Waals surface area (Å²) in [6.07, 6.45) is 3.66. The molecule has 0 saturated heterocycles. The maximum absolute atomic E-state index is 4.73. The molecule has 0 saturated carbocycles. The van der Waals surface area contributed by atoms with Crippen LogP contribution in [0.2, 0.25) is 0 Å². The summed E-state index contributed by atoms with van der Waals surface area (Å²) in [5.41, 5.74) is 3.02. The zero-order chi connectivity index (χ0) is 14.5. The van der Waals surface area contributed by atoms with Crippen LogP contribution in [0.15, 0.2) is 42.6 Å². The average molecular weight is 281 g/mol. The van der Waals surface area contributed by atoms with E-state index in [1.54, 1.807) is 6.20 Å². The predicted molar refractivity (Wildman–Crippen MR) is 82.9 cm³/mol. The molecule has 2 heterocycles. The number of benzene rings is 1.